The Labute approximate surface area is 264 Å². The van der Waals surface area contributed by atoms with Gasteiger partial charge in [0, 0.05) is 34.7 Å². The van der Waals surface area contributed by atoms with Crippen LogP contribution < -0.4 is 25.2 Å². The van der Waals surface area contributed by atoms with Crippen LogP contribution in [0.1, 0.15) is 40.1 Å². The first-order valence-electron chi connectivity index (χ1n) is 14.8. The van der Waals surface area contributed by atoms with Gasteiger partial charge in [-0.15, -0.1) is 0 Å². The smallest absolute Gasteiger partial charge is 0.422 e. The maximum absolute atomic E-state index is 14.4. The van der Waals surface area contributed by atoms with Crippen LogP contribution in [0.25, 0.3) is 10.9 Å². The van der Waals surface area contributed by atoms with Gasteiger partial charge in [-0.1, -0.05) is 42.5 Å². The van der Waals surface area contributed by atoms with Gasteiger partial charge in [-0.3, -0.25) is 19.4 Å². The molecule has 240 valence electrons. The van der Waals surface area contributed by atoms with Crippen LogP contribution in [0.15, 0.2) is 79.0 Å². The van der Waals surface area contributed by atoms with Crippen LogP contribution in [-0.4, -0.2) is 67.6 Å². The zero-order chi connectivity index (χ0) is 33.0. The number of carbonyl (C=O) groups is 3. The molecule has 4 aromatic rings. The number of ether oxygens (including phenoxy) is 1. The highest BCUT2D eigenvalue weighted by atomic mass is 19.4. The van der Waals surface area contributed by atoms with Crippen molar-refractivity contribution in [2.45, 2.75) is 38.7 Å². The number of alkyl halides is 3. The average Bonchev–Trinajstić information content (AvgIpc) is 3.16. The quantitative estimate of drug-likeness (QED) is 0.233. The molecule has 0 radical (unpaired) electrons. The van der Waals surface area contributed by atoms with Crippen molar-refractivity contribution in [2.75, 3.05) is 36.5 Å². The molecule has 2 N–H and O–H groups in total. The lowest BCUT2D eigenvalue weighted by Gasteiger charge is -2.27. The third-order valence-electron chi connectivity index (χ3n) is 7.89. The van der Waals surface area contributed by atoms with Crippen LogP contribution in [-0.2, 0) is 11.3 Å². The summed E-state index contributed by atoms with van der Waals surface area (Å²) in [6, 6.07) is 19.3. The molecule has 12 heteroatoms. The van der Waals surface area contributed by atoms with Crippen molar-refractivity contribution >= 4 is 39.9 Å². The van der Waals surface area contributed by atoms with Gasteiger partial charge in [-0.2, -0.15) is 13.2 Å². The number of nitrogens with zero attached hydrogens (tertiary/aromatic N) is 3. The molecular formula is C34H34F3N5O4. The fourth-order valence-corrected chi connectivity index (χ4v) is 5.30. The van der Waals surface area contributed by atoms with Crippen molar-refractivity contribution in [1.82, 2.24) is 15.6 Å². The lowest BCUT2D eigenvalue weighted by atomic mass is 10.1. The van der Waals surface area contributed by atoms with E-state index in [-0.39, 0.29) is 42.5 Å². The number of benzene rings is 3. The van der Waals surface area contributed by atoms with Gasteiger partial charge >= 0.3 is 6.18 Å². The normalized spacial score (nSPS) is 15.8. The second-order valence-corrected chi connectivity index (χ2v) is 11.1. The highest BCUT2D eigenvalue weighted by Crippen LogP contribution is 2.37. The molecule has 3 aromatic carbocycles. The number of ketones is 1. The van der Waals surface area contributed by atoms with Crippen molar-refractivity contribution in [1.29, 1.82) is 0 Å². The summed E-state index contributed by atoms with van der Waals surface area (Å²) < 4.78 is 44.9. The van der Waals surface area contributed by atoms with E-state index in [4.69, 9.17) is 4.74 Å². The molecule has 0 unspecified atom stereocenters. The minimum Gasteiger partial charge on any atom is -0.482 e. The summed E-state index contributed by atoms with van der Waals surface area (Å²) in [5, 5.41) is 6.94. The van der Waals surface area contributed by atoms with E-state index in [1.165, 1.54) is 22.9 Å². The van der Waals surface area contributed by atoms with Gasteiger partial charge in [0.1, 0.15) is 11.8 Å². The van der Waals surface area contributed by atoms with Crippen molar-refractivity contribution < 1.29 is 32.3 Å². The molecule has 0 saturated heterocycles. The number of Topliss-reactive ketones (excluding diaryl/α,β-unsaturated/α-hetero) is 1. The first-order chi connectivity index (χ1) is 22.0. The Bertz CT molecular complexity index is 1750. The summed E-state index contributed by atoms with van der Waals surface area (Å²) in [5.41, 5.74) is 2.50. The van der Waals surface area contributed by atoms with Crippen LogP contribution in [0, 0.1) is 0 Å². The molecule has 0 bridgehead atoms. The summed E-state index contributed by atoms with van der Waals surface area (Å²) in [5.74, 6) is -0.988. The van der Waals surface area contributed by atoms with Crippen LogP contribution >= 0.6 is 0 Å². The van der Waals surface area contributed by atoms with E-state index in [0.29, 0.717) is 45.5 Å². The molecule has 9 nitrogen and oxygen atoms in total. The SMILES string of the molecule is CN[C@@H](C)CN[C@H]1CN(C(=O)c2ccc(C(C)=O)cc2)c2ccccc2N(Cc2c(OCC(F)(F)F)cnc3ccccc23)C1=O. The molecule has 46 heavy (non-hydrogen) atoms. The molecule has 0 aliphatic carbocycles. The first-order valence-corrected chi connectivity index (χ1v) is 14.8. The number of carbonyl (C=O) groups excluding carboxylic acids is 3. The van der Waals surface area contributed by atoms with Crippen LogP contribution in [0.4, 0.5) is 24.5 Å². The van der Waals surface area contributed by atoms with Crippen LogP contribution in [0.2, 0.25) is 0 Å². The zero-order valence-electron chi connectivity index (χ0n) is 25.6. The number of nitrogens with one attached hydrogen (secondary N) is 2. The van der Waals surface area contributed by atoms with E-state index in [2.05, 4.69) is 15.6 Å². The Kier molecular flexibility index (Phi) is 9.68. The van der Waals surface area contributed by atoms with E-state index in [1.807, 2.05) is 6.92 Å². The number of halogens is 3. The predicted molar refractivity (Wildman–Crippen MR) is 169 cm³/mol. The fraction of sp³-hybridized carbons (Fsp3) is 0.294. The lowest BCUT2D eigenvalue weighted by molar-refractivity contribution is -0.153. The number of pyridine rings is 1. The van der Waals surface area contributed by atoms with Gasteiger partial charge in [0.25, 0.3) is 5.91 Å². The Morgan fingerprint density at radius 3 is 2.33 bits per heavy atom. The Morgan fingerprint density at radius 2 is 1.65 bits per heavy atom. The maximum atomic E-state index is 14.4. The summed E-state index contributed by atoms with van der Waals surface area (Å²) in [6.45, 7) is 2.07. The largest absolute Gasteiger partial charge is 0.482 e. The monoisotopic (exact) mass is 633 g/mol. The molecule has 2 heterocycles. The van der Waals surface area contributed by atoms with Crippen molar-refractivity contribution in [2.24, 2.45) is 0 Å². The van der Waals surface area contributed by atoms with E-state index in [0.717, 1.165) is 0 Å². The molecule has 1 aliphatic heterocycles. The topological polar surface area (TPSA) is 104 Å². The number of hydrogen-bond donors (Lipinski definition) is 2. The summed E-state index contributed by atoms with van der Waals surface area (Å²) >= 11 is 0. The Morgan fingerprint density at radius 1 is 1.00 bits per heavy atom. The third kappa shape index (κ3) is 7.19. The fourth-order valence-electron chi connectivity index (χ4n) is 5.30. The maximum Gasteiger partial charge on any atom is 0.422 e. The molecule has 2 amide bonds. The second-order valence-electron chi connectivity index (χ2n) is 11.1. The summed E-state index contributed by atoms with van der Waals surface area (Å²) in [4.78, 5) is 47.6. The number of amides is 2. The summed E-state index contributed by atoms with van der Waals surface area (Å²) in [6.07, 6.45) is -3.35. The molecule has 1 aliphatic rings. The van der Waals surface area contributed by atoms with Crippen LogP contribution in [0.5, 0.6) is 5.75 Å². The molecule has 1 aromatic heterocycles. The standard InChI is InChI=1S/C34H34F3N5O4/c1-21(38-3)16-39-28-19-42(32(44)24-14-12-23(13-15-24)22(2)43)30-11-7-6-10-29(30)41(33(28)45)18-26-25-8-4-5-9-27(25)40-17-31(26)46-20-34(35,36)37/h4-15,17,21,28,38-39H,16,18-20H2,1-3H3/t21-,28-/m0/s1. The first kappa shape index (κ1) is 32.6. The van der Waals surface area contributed by atoms with E-state index < -0.39 is 18.8 Å². The lowest BCUT2D eigenvalue weighted by Crippen LogP contribution is -2.53. The molecule has 2 atom stereocenters. The molecular weight excluding hydrogens is 599 g/mol. The Balaban J connectivity index is 1.61. The molecule has 5 rings (SSSR count). The number of rotatable bonds is 10. The van der Waals surface area contributed by atoms with Gasteiger partial charge in [0.15, 0.2) is 12.4 Å². The molecule has 0 spiro atoms. The zero-order valence-corrected chi connectivity index (χ0v) is 25.6. The second kappa shape index (κ2) is 13.7. The third-order valence-corrected chi connectivity index (χ3v) is 7.89. The number of likely N-dealkylation sites (N-methyl/N-ethyl adjacent to an activating group) is 1. The van der Waals surface area contributed by atoms with Gasteiger partial charge in [-0.05, 0) is 51.2 Å². The number of para-hydroxylation sites is 3. The van der Waals surface area contributed by atoms with Gasteiger partial charge in [0.05, 0.1) is 36.2 Å². The number of hydrogen-bond acceptors (Lipinski definition) is 7. The van der Waals surface area contributed by atoms with E-state index in [1.54, 1.807) is 79.8 Å². The highest BCUT2D eigenvalue weighted by Gasteiger charge is 2.37. The van der Waals surface area contributed by atoms with Crippen LogP contribution in [0.3, 0.4) is 0 Å². The Hall–Kier alpha value is -4.81. The molecule has 0 saturated carbocycles. The predicted octanol–water partition coefficient (Wildman–Crippen LogP) is 5.14. The number of aromatic nitrogens is 1. The van der Waals surface area contributed by atoms with Crippen molar-refractivity contribution in [3.8, 4) is 5.75 Å². The van der Waals surface area contributed by atoms with Gasteiger partial charge in [0.2, 0.25) is 5.91 Å². The van der Waals surface area contributed by atoms with Crippen molar-refractivity contribution in [3.63, 3.8) is 0 Å². The van der Waals surface area contributed by atoms with Gasteiger partial charge < -0.3 is 25.2 Å². The minimum absolute atomic E-state index is 0.0123. The van der Waals surface area contributed by atoms with E-state index in [9.17, 15) is 27.6 Å². The van der Waals surface area contributed by atoms with Crippen molar-refractivity contribution in [3.05, 3.63) is 95.7 Å². The van der Waals surface area contributed by atoms with E-state index >= 15 is 0 Å². The molecule has 0 fully saturated rings. The average molecular weight is 634 g/mol. The van der Waals surface area contributed by atoms with Gasteiger partial charge in [-0.25, -0.2) is 0 Å². The summed E-state index contributed by atoms with van der Waals surface area (Å²) in [7, 11) is 1.79. The highest BCUT2D eigenvalue weighted by molar-refractivity contribution is 6.12. The minimum atomic E-state index is -4.59. The number of fused-ring (bicyclic) bond motifs is 2. The number of anilines is 2.